The van der Waals surface area contributed by atoms with Crippen LogP contribution in [-0.2, 0) is 14.8 Å². The Labute approximate surface area is 250 Å². The van der Waals surface area contributed by atoms with Gasteiger partial charge in [0.25, 0.3) is 0 Å². The molecule has 0 radical (unpaired) electrons. The number of carbonyl (C=O) groups excluding carboxylic acids is 1. The van der Waals surface area contributed by atoms with Crippen molar-refractivity contribution in [2.24, 2.45) is 16.8 Å². The summed E-state index contributed by atoms with van der Waals surface area (Å²) in [4.78, 5) is 18.7. The van der Waals surface area contributed by atoms with E-state index in [1.54, 1.807) is 19.2 Å². The van der Waals surface area contributed by atoms with Crippen molar-refractivity contribution in [1.29, 1.82) is 0 Å². The van der Waals surface area contributed by atoms with Crippen molar-refractivity contribution in [2.75, 3.05) is 32.1 Å². The van der Waals surface area contributed by atoms with Gasteiger partial charge in [-0.1, -0.05) is 36.4 Å². The number of carbonyl (C=O) groups is 1. The minimum atomic E-state index is -3.89. The van der Waals surface area contributed by atoms with Gasteiger partial charge in [-0.15, -0.1) is 0 Å². The van der Waals surface area contributed by atoms with Crippen LogP contribution in [0.2, 0.25) is 0 Å². The second-order valence-corrected chi connectivity index (χ2v) is 12.5. The molecular formula is C33H33N5O4S. The molecule has 1 saturated heterocycles. The lowest BCUT2D eigenvalue weighted by Crippen LogP contribution is -2.44. The van der Waals surface area contributed by atoms with E-state index in [0.29, 0.717) is 29.7 Å². The molecule has 0 spiro atoms. The molecule has 6 rings (SSSR count). The van der Waals surface area contributed by atoms with E-state index in [1.165, 1.54) is 4.31 Å². The highest BCUT2D eigenvalue weighted by Gasteiger charge is 2.34. The monoisotopic (exact) mass is 595 g/mol. The maximum atomic E-state index is 14.2. The molecule has 0 aromatic heterocycles. The molecule has 43 heavy (non-hydrogen) atoms. The smallest absolute Gasteiger partial charge is 0.243 e. The standard InChI is InChI=1S/C33H33N5O4S/c1-35-23-12-14-26-29(20-23)42-30-21-25(37(2)24-8-4-3-5-9-24)13-15-27(30)32(26)28-10-6-7-11-31(28)43(40,41)38-18-16-22(17-19-38)33(39)36-34/h3-15,20-22H,16-19,34H2,1-2H3,(H,36,39)/b35-23-. The maximum Gasteiger partial charge on any atom is 0.243 e. The van der Waals surface area contributed by atoms with Crippen molar-refractivity contribution in [3.63, 3.8) is 0 Å². The van der Waals surface area contributed by atoms with Crippen LogP contribution in [0.1, 0.15) is 12.8 Å². The molecule has 3 aromatic rings. The maximum absolute atomic E-state index is 14.2. The molecular weight excluding hydrogens is 562 g/mol. The van der Waals surface area contributed by atoms with Crippen molar-refractivity contribution in [2.45, 2.75) is 17.7 Å². The van der Waals surface area contributed by atoms with Gasteiger partial charge in [-0.3, -0.25) is 15.2 Å². The number of fused-ring (bicyclic) bond motifs is 2. The van der Waals surface area contributed by atoms with Crippen molar-refractivity contribution >= 4 is 38.3 Å². The van der Waals surface area contributed by atoms with Gasteiger partial charge in [0, 0.05) is 78.7 Å². The largest absolute Gasteiger partial charge is 0.456 e. The summed E-state index contributed by atoms with van der Waals surface area (Å²) in [5, 5.41) is 1.55. The number of hydrazine groups is 1. The van der Waals surface area contributed by atoms with Crippen LogP contribution in [0.3, 0.4) is 0 Å². The Balaban J connectivity index is 1.51. The molecule has 0 bridgehead atoms. The molecule has 0 unspecified atom stereocenters. The highest BCUT2D eigenvalue weighted by molar-refractivity contribution is 7.89. The van der Waals surface area contributed by atoms with Crippen LogP contribution in [0.5, 0.6) is 0 Å². The summed E-state index contributed by atoms with van der Waals surface area (Å²) in [5.74, 6) is 5.34. The summed E-state index contributed by atoms with van der Waals surface area (Å²) in [7, 11) is -0.176. The van der Waals surface area contributed by atoms with E-state index in [1.807, 2.05) is 85.9 Å². The molecule has 1 amide bonds. The van der Waals surface area contributed by atoms with Crippen LogP contribution in [0, 0.1) is 5.92 Å². The number of anilines is 2. The Morgan fingerprint density at radius 3 is 2.37 bits per heavy atom. The third kappa shape index (κ3) is 5.29. The van der Waals surface area contributed by atoms with Crippen LogP contribution < -0.4 is 21.5 Å². The minimum Gasteiger partial charge on any atom is -0.456 e. The van der Waals surface area contributed by atoms with Crippen molar-refractivity contribution in [1.82, 2.24) is 9.73 Å². The topological polar surface area (TPSA) is 121 Å². The van der Waals surface area contributed by atoms with Crippen molar-refractivity contribution in [3.05, 3.63) is 96.4 Å². The molecule has 2 heterocycles. The van der Waals surface area contributed by atoms with Gasteiger partial charge in [-0.2, -0.15) is 4.31 Å². The van der Waals surface area contributed by atoms with E-state index in [9.17, 15) is 13.2 Å². The zero-order chi connectivity index (χ0) is 30.1. The second-order valence-electron chi connectivity index (χ2n) is 10.6. The van der Waals surface area contributed by atoms with Gasteiger partial charge < -0.3 is 9.32 Å². The molecule has 1 aliphatic carbocycles. The molecule has 1 fully saturated rings. The van der Waals surface area contributed by atoms with Crippen LogP contribution in [-0.4, -0.2) is 45.8 Å². The number of sulfonamides is 1. The number of para-hydroxylation sites is 1. The predicted octanol–water partition coefficient (Wildman–Crippen LogP) is 4.89. The SMILES string of the molecule is C/N=c1/ccc2c(-c3ccccc3S(=O)(=O)N3CCC(C(=O)NN)CC3)c3ccc(N(C)c4ccccc4)cc3oc-2c1. The van der Waals surface area contributed by atoms with Crippen LogP contribution in [0.25, 0.3) is 33.4 Å². The van der Waals surface area contributed by atoms with Crippen LogP contribution in [0.4, 0.5) is 11.4 Å². The fourth-order valence-corrected chi connectivity index (χ4v) is 7.49. The van der Waals surface area contributed by atoms with Gasteiger partial charge in [0.15, 0.2) is 0 Å². The van der Waals surface area contributed by atoms with E-state index >= 15 is 0 Å². The average Bonchev–Trinajstić information content (AvgIpc) is 3.06. The van der Waals surface area contributed by atoms with E-state index in [-0.39, 0.29) is 29.8 Å². The van der Waals surface area contributed by atoms with E-state index < -0.39 is 10.0 Å². The number of rotatable bonds is 6. The van der Waals surface area contributed by atoms with Crippen LogP contribution in [0.15, 0.2) is 105 Å². The number of nitrogens with one attached hydrogen (secondary N) is 1. The van der Waals surface area contributed by atoms with E-state index in [0.717, 1.165) is 33.2 Å². The predicted molar refractivity (Wildman–Crippen MR) is 168 cm³/mol. The summed E-state index contributed by atoms with van der Waals surface area (Å²) in [6, 6.07) is 28.8. The number of piperidine rings is 1. The first kappa shape index (κ1) is 28.6. The Morgan fingerprint density at radius 2 is 1.65 bits per heavy atom. The molecule has 2 aliphatic heterocycles. The fraction of sp³-hybridized carbons (Fsp3) is 0.212. The van der Waals surface area contributed by atoms with Crippen molar-refractivity contribution in [3.8, 4) is 22.5 Å². The molecule has 3 aliphatic rings. The lowest BCUT2D eigenvalue weighted by atomic mass is 9.93. The summed E-state index contributed by atoms with van der Waals surface area (Å²) in [5.41, 5.74) is 6.90. The Bertz CT molecular complexity index is 1950. The third-order valence-corrected chi connectivity index (χ3v) is 10.2. The van der Waals surface area contributed by atoms with Gasteiger partial charge in [0.05, 0.1) is 10.3 Å². The summed E-state index contributed by atoms with van der Waals surface area (Å²) in [6.45, 7) is 0.466. The zero-order valence-corrected chi connectivity index (χ0v) is 24.8. The number of nitrogens with two attached hydrogens (primary N) is 1. The highest BCUT2D eigenvalue weighted by Crippen LogP contribution is 2.44. The molecule has 3 N–H and O–H groups in total. The lowest BCUT2D eigenvalue weighted by molar-refractivity contribution is -0.126. The van der Waals surface area contributed by atoms with E-state index in [2.05, 4.69) is 15.3 Å². The number of hydrogen-bond acceptors (Lipinski definition) is 7. The fourth-order valence-electron chi connectivity index (χ4n) is 5.82. The molecule has 0 saturated carbocycles. The molecule has 220 valence electrons. The van der Waals surface area contributed by atoms with Gasteiger partial charge >= 0.3 is 0 Å². The molecule has 3 aromatic carbocycles. The quantitative estimate of drug-likeness (QED) is 0.125. The number of benzene rings is 4. The Kier molecular flexibility index (Phi) is 7.74. The summed E-state index contributed by atoms with van der Waals surface area (Å²) in [6.07, 6.45) is 0.809. The third-order valence-electron chi connectivity index (χ3n) is 8.22. The van der Waals surface area contributed by atoms with Crippen molar-refractivity contribution < 1.29 is 17.6 Å². The summed E-state index contributed by atoms with van der Waals surface area (Å²) >= 11 is 0. The summed E-state index contributed by atoms with van der Waals surface area (Å²) < 4.78 is 36.2. The Morgan fingerprint density at radius 1 is 0.930 bits per heavy atom. The highest BCUT2D eigenvalue weighted by atomic mass is 32.2. The van der Waals surface area contributed by atoms with E-state index in [4.69, 9.17) is 10.3 Å². The van der Waals surface area contributed by atoms with Gasteiger partial charge in [-0.05, 0) is 55.3 Å². The number of amides is 1. The minimum absolute atomic E-state index is 0.209. The lowest BCUT2D eigenvalue weighted by Gasteiger charge is -2.31. The normalized spacial score (nSPS) is 15.2. The first-order valence-electron chi connectivity index (χ1n) is 14.1. The van der Waals surface area contributed by atoms with Gasteiger partial charge in [0.1, 0.15) is 11.3 Å². The van der Waals surface area contributed by atoms with Crippen LogP contribution >= 0.6 is 0 Å². The number of hydrogen-bond donors (Lipinski definition) is 2. The second kappa shape index (κ2) is 11.6. The average molecular weight is 596 g/mol. The molecule has 10 heteroatoms. The molecule has 9 nitrogen and oxygen atoms in total. The van der Waals surface area contributed by atoms with Gasteiger partial charge in [0.2, 0.25) is 15.9 Å². The number of nitrogens with zero attached hydrogens (tertiary/aromatic N) is 3. The zero-order valence-electron chi connectivity index (χ0n) is 24.0. The Hall–Kier alpha value is -4.51. The molecule has 0 atom stereocenters. The first-order chi connectivity index (χ1) is 20.8. The first-order valence-corrected chi connectivity index (χ1v) is 15.6. The van der Waals surface area contributed by atoms with Gasteiger partial charge in [-0.25, -0.2) is 14.3 Å².